The van der Waals surface area contributed by atoms with E-state index in [4.69, 9.17) is 9.72 Å². The molecule has 1 aliphatic heterocycles. The topological polar surface area (TPSA) is 42.4 Å². The van der Waals surface area contributed by atoms with Crippen LogP contribution in [-0.4, -0.2) is 29.4 Å². The molecule has 0 aliphatic carbocycles. The van der Waals surface area contributed by atoms with E-state index in [0.29, 0.717) is 12.1 Å². The lowest BCUT2D eigenvalue weighted by molar-refractivity contribution is 0.0697. The SMILES string of the molecule is COc1ccc2nc(C)c(C(=O)N3CCc4sccc4[C@@H]3c3cccs3)cc2c1. The van der Waals surface area contributed by atoms with Gasteiger partial charge in [0.25, 0.3) is 5.91 Å². The third-order valence-corrected chi connectivity index (χ3v) is 7.40. The van der Waals surface area contributed by atoms with E-state index in [1.807, 2.05) is 36.1 Å². The number of carbonyl (C=O) groups is 1. The molecule has 4 heterocycles. The van der Waals surface area contributed by atoms with Crippen LogP contribution >= 0.6 is 22.7 Å². The van der Waals surface area contributed by atoms with Gasteiger partial charge in [-0.05, 0) is 66.1 Å². The Balaban J connectivity index is 1.60. The summed E-state index contributed by atoms with van der Waals surface area (Å²) in [6.07, 6.45) is 0.897. The Bertz CT molecular complexity index is 1200. The van der Waals surface area contributed by atoms with E-state index < -0.39 is 0 Å². The summed E-state index contributed by atoms with van der Waals surface area (Å²) in [5, 5.41) is 5.13. The standard InChI is InChI=1S/C23H20N2O2S2/c1-14-18(13-15-12-16(27-2)5-6-19(15)24-14)23(26)25-9-7-20-17(8-11-29-20)22(25)21-4-3-10-28-21/h3-6,8,10-13,22H,7,9H2,1-2H3/t22-/m1/s1. The third kappa shape index (κ3) is 3.12. The van der Waals surface area contributed by atoms with Crippen molar-refractivity contribution in [2.75, 3.05) is 13.7 Å². The lowest BCUT2D eigenvalue weighted by atomic mass is 9.97. The molecule has 0 fully saturated rings. The molecule has 5 rings (SSSR count). The molecule has 0 spiro atoms. The molecular weight excluding hydrogens is 400 g/mol. The smallest absolute Gasteiger partial charge is 0.256 e. The van der Waals surface area contributed by atoms with Gasteiger partial charge >= 0.3 is 0 Å². The fourth-order valence-electron chi connectivity index (χ4n) is 4.04. The van der Waals surface area contributed by atoms with Crippen LogP contribution in [-0.2, 0) is 6.42 Å². The van der Waals surface area contributed by atoms with Crippen molar-refractivity contribution in [2.24, 2.45) is 0 Å². The molecule has 1 aliphatic rings. The van der Waals surface area contributed by atoms with E-state index >= 15 is 0 Å². The van der Waals surface area contributed by atoms with Gasteiger partial charge in [0.05, 0.1) is 29.9 Å². The van der Waals surface area contributed by atoms with E-state index in [1.54, 1.807) is 29.8 Å². The Morgan fingerprint density at radius 3 is 2.86 bits per heavy atom. The highest BCUT2D eigenvalue weighted by molar-refractivity contribution is 7.10. The van der Waals surface area contributed by atoms with Crippen LogP contribution in [0.2, 0.25) is 0 Å². The largest absolute Gasteiger partial charge is 0.497 e. The Morgan fingerprint density at radius 1 is 1.17 bits per heavy atom. The number of carbonyl (C=O) groups excluding carboxylic acids is 1. The van der Waals surface area contributed by atoms with Gasteiger partial charge < -0.3 is 9.64 Å². The van der Waals surface area contributed by atoms with Crippen LogP contribution in [0.4, 0.5) is 0 Å². The lowest BCUT2D eigenvalue weighted by Gasteiger charge is -2.35. The van der Waals surface area contributed by atoms with Crippen LogP contribution < -0.4 is 4.74 Å². The molecule has 29 heavy (non-hydrogen) atoms. The van der Waals surface area contributed by atoms with E-state index in [2.05, 4.69) is 29.0 Å². The van der Waals surface area contributed by atoms with Gasteiger partial charge in [-0.1, -0.05) is 6.07 Å². The van der Waals surface area contributed by atoms with Gasteiger partial charge in [-0.3, -0.25) is 9.78 Å². The number of hydrogen-bond acceptors (Lipinski definition) is 5. The normalized spacial score (nSPS) is 16.1. The zero-order valence-corrected chi connectivity index (χ0v) is 17.8. The zero-order valence-electron chi connectivity index (χ0n) is 16.2. The summed E-state index contributed by atoms with van der Waals surface area (Å²) in [5.41, 5.74) is 3.54. The second kappa shape index (κ2) is 7.28. The quantitative estimate of drug-likeness (QED) is 0.442. The van der Waals surface area contributed by atoms with Crippen molar-refractivity contribution in [3.8, 4) is 5.75 Å². The molecule has 0 unspecified atom stereocenters. The highest BCUT2D eigenvalue weighted by atomic mass is 32.1. The molecule has 146 valence electrons. The maximum absolute atomic E-state index is 13.7. The second-order valence-corrected chi connectivity index (χ2v) is 9.13. The van der Waals surface area contributed by atoms with Gasteiger partial charge in [-0.15, -0.1) is 22.7 Å². The molecule has 0 bridgehead atoms. The molecule has 4 nitrogen and oxygen atoms in total. The fourth-order valence-corrected chi connectivity index (χ4v) is 5.80. The summed E-state index contributed by atoms with van der Waals surface area (Å²) in [6, 6.07) is 14.0. The predicted octanol–water partition coefficient (Wildman–Crippen LogP) is 5.46. The third-order valence-electron chi connectivity index (χ3n) is 5.48. The van der Waals surface area contributed by atoms with Crippen LogP contribution in [0.15, 0.2) is 53.2 Å². The number of thiophene rings is 2. The average molecular weight is 421 g/mol. The van der Waals surface area contributed by atoms with Crippen molar-refractivity contribution in [3.63, 3.8) is 0 Å². The number of nitrogens with zero attached hydrogens (tertiary/aromatic N) is 2. The number of hydrogen-bond donors (Lipinski definition) is 0. The van der Waals surface area contributed by atoms with Crippen molar-refractivity contribution in [1.29, 1.82) is 0 Å². The Kier molecular flexibility index (Phi) is 4.60. The van der Waals surface area contributed by atoms with Crippen molar-refractivity contribution in [1.82, 2.24) is 9.88 Å². The Morgan fingerprint density at radius 2 is 2.07 bits per heavy atom. The first-order chi connectivity index (χ1) is 14.2. The molecule has 0 N–H and O–H groups in total. The summed E-state index contributed by atoms with van der Waals surface area (Å²) >= 11 is 3.49. The molecule has 0 saturated carbocycles. The van der Waals surface area contributed by atoms with Gasteiger partial charge in [0.15, 0.2) is 0 Å². The first-order valence-electron chi connectivity index (χ1n) is 9.52. The van der Waals surface area contributed by atoms with E-state index in [-0.39, 0.29) is 11.9 Å². The predicted molar refractivity (Wildman–Crippen MR) is 118 cm³/mol. The Labute approximate surface area is 177 Å². The van der Waals surface area contributed by atoms with E-state index in [9.17, 15) is 4.79 Å². The van der Waals surface area contributed by atoms with Gasteiger partial charge in [0.2, 0.25) is 0 Å². The summed E-state index contributed by atoms with van der Waals surface area (Å²) in [7, 11) is 1.65. The number of fused-ring (bicyclic) bond motifs is 2. The minimum atomic E-state index is -0.0297. The minimum Gasteiger partial charge on any atom is -0.497 e. The summed E-state index contributed by atoms with van der Waals surface area (Å²) in [4.78, 5) is 23.0. The molecule has 0 saturated heterocycles. The number of amides is 1. The summed E-state index contributed by atoms with van der Waals surface area (Å²) in [6.45, 7) is 2.63. The lowest BCUT2D eigenvalue weighted by Crippen LogP contribution is -2.40. The zero-order chi connectivity index (χ0) is 20.0. The number of aryl methyl sites for hydroxylation is 1. The molecule has 4 aromatic rings. The summed E-state index contributed by atoms with van der Waals surface area (Å²) < 4.78 is 5.34. The van der Waals surface area contributed by atoms with Crippen molar-refractivity contribution in [3.05, 3.63) is 79.8 Å². The maximum atomic E-state index is 13.7. The average Bonchev–Trinajstić information content (AvgIpc) is 3.43. The van der Waals surface area contributed by atoms with Gasteiger partial charge in [-0.2, -0.15) is 0 Å². The van der Waals surface area contributed by atoms with Crippen molar-refractivity contribution < 1.29 is 9.53 Å². The first kappa shape index (κ1) is 18.3. The number of benzene rings is 1. The highest BCUT2D eigenvalue weighted by Gasteiger charge is 2.34. The van der Waals surface area contributed by atoms with Crippen molar-refractivity contribution >= 4 is 39.5 Å². The van der Waals surface area contributed by atoms with E-state index in [0.717, 1.165) is 28.8 Å². The van der Waals surface area contributed by atoms with Crippen LogP contribution in [0.5, 0.6) is 5.75 Å². The maximum Gasteiger partial charge on any atom is 0.256 e. The second-order valence-electron chi connectivity index (χ2n) is 7.15. The molecule has 0 radical (unpaired) electrons. The molecular formula is C23H20N2O2S2. The molecule has 1 amide bonds. The van der Waals surface area contributed by atoms with Crippen LogP contribution in [0, 0.1) is 6.92 Å². The van der Waals surface area contributed by atoms with E-state index in [1.165, 1.54) is 15.3 Å². The molecule has 6 heteroatoms. The number of pyridine rings is 1. The Hall–Kier alpha value is -2.70. The number of rotatable bonds is 3. The molecule has 1 atom stereocenters. The highest BCUT2D eigenvalue weighted by Crippen LogP contribution is 2.40. The van der Waals surface area contributed by atoms with Gasteiger partial charge in [0, 0.05) is 21.7 Å². The van der Waals surface area contributed by atoms with Crippen LogP contribution in [0.1, 0.15) is 37.4 Å². The minimum absolute atomic E-state index is 0.0297. The van der Waals surface area contributed by atoms with Gasteiger partial charge in [-0.25, -0.2) is 0 Å². The first-order valence-corrected chi connectivity index (χ1v) is 11.3. The number of aromatic nitrogens is 1. The molecule has 3 aromatic heterocycles. The number of ether oxygens (including phenoxy) is 1. The van der Waals surface area contributed by atoms with Gasteiger partial charge in [0.1, 0.15) is 5.75 Å². The van der Waals surface area contributed by atoms with Crippen LogP contribution in [0.3, 0.4) is 0 Å². The van der Waals surface area contributed by atoms with Crippen molar-refractivity contribution in [2.45, 2.75) is 19.4 Å². The number of methoxy groups -OCH3 is 1. The molecule has 1 aromatic carbocycles. The monoisotopic (exact) mass is 420 g/mol. The summed E-state index contributed by atoms with van der Waals surface area (Å²) in [5.74, 6) is 0.800. The fraction of sp³-hybridized carbons (Fsp3) is 0.217. The van der Waals surface area contributed by atoms with Crippen LogP contribution in [0.25, 0.3) is 10.9 Å².